The molecule has 5 heterocycles. The Balaban J connectivity index is 1.08. The van der Waals surface area contributed by atoms with Crippen LogP contribution in [-0.2, 0) is 16.0 Å². The number of nitrogens with one attached hydrogen (secondary N) is 1. The van der Waals surface area contributed by atoms with E-state index in [4.69, 9.17) is 19.8 Å². The van der Waals surface area contributed by atoms with Gasteiger partial charge in [0, 0.05) is 56.1 Å². The van der Waals surface area contributed by atoms with Gasteiger partial charge in [0.15, 0.2) is 16.6 Å². The van der Waals surface area contributed by atoms with E-state index in [-0.39, 0.29) is 29.8 Å². The number of carbonyl (C=O) groups is 2. The number of carbonyl (C=O) groups excluding carboxylic acids is 2. The number of aryl methyl sites for hydroxylation is 1. The van der Waals surface area contributed by atoms with E-state index in [9.17, 15) is 14.0 Å². The van der Waals surface area contributed by atoms with Crippen LogP contribution in [0.5, 0.6) is 0 Å². The fourth-order valence-electron chi connectivity index (χ4n) is 6.18. The number of hydrogen-bond acceptors (Lipinski definition) is 9. The van der Waals surface area contributed by atoms with Gasteiger partial charge in [-0.15, -0.1) is 16.4 Å². The Bertz CT molecular complexity index is 1720. The predicted octanol–water partition coefficient (Wildman–Crippen LogP) is 6.05. The molecule has 250 valence electrons. The molecule has 1 aromatic carbocycles. The summed E-state index contributed by atoms with van der Waals surface area (Å²) in [6.45, 7) is 10.3. The number of hydrogen-bond donors (Lipinski definition) is 1. The summed E-state index contributed by atoms with van der Waals surface area (Å²) in [5, 5.41) is 11.1. The van der Waals surface area contributed by atoms with Crippen LogP contribution >= 0.6 is 11.3 Å². The highest BCUT2D eigenvalue weighted by molar-refractivity contribution is 7.14. The van der Waals surface area contributed by atoms with Gasteiger partial charge in [-0.3, -0.25) is 4.79 Å². The molecule has 2 fully saturated rings. The maximum absolute atomic E-state index is 13.5. The molecule has 0 unspecified atom stereocenters. The van der Waals surface area contributed by atoms with Crippen molar-refractivity contribution in [1.82, 2.24) is 29.8 Å². The van der Waals surface area contributed by atoms with Crippen molar-refractivity contribution in [2.45, 2.75) is 71.4 Å². The van der Waals surface area contributed by atoms with Crippen molar-refractivity contribution in [3.63, 3.8) is 0 Å². The number of ether oxygens (including phenoxy) is 1. The number of piperidine rings is 2. The quantitative estimate of drug-likeness (QED) is 0.255. The average molecular weight is 663 g/mol. The number of nitrogens with zero attached hydrogens (tertiary/aromatic N) is 7. The summed E-state index contributed by atoms with van der Waals surface area (Å²) < 4.78 is 20.8. The first kappa shape index (κ1) is 32.7. The molecule has 0 aliphatic carbocycles. The number of likely N-dealkylation sites (tertiary alicyclic amines) is 1. The molecule has 2 saturated heterocycles. The molecule has 0 saturated carbocycles. The number of thiazole rings is 1. The standard InChI is InChI=1S/C34H43FN8O3S/c1-6-26-31(40(5)32-38-27(21-47-32)22-7-9-24(35)10-8-22)43-28(37-26)11-12-29(39-43)41-19-15-25(16-20-41)36-30(44)23-13-17-42(18-14-23)33(45)46-34(2,3)4/h7-12,21,23,25H,6,13-20H2,1-5H3,(H,36,44). The normalized spacial score (nSPS) is 16.5. The highest BCUT2D eigenvalue weighted by Crippen LogP contribution is 2.34. The molecular formula is C34H43FN8O3S. The lowest BCUT2D eigenvalue weighted by Crippen LogP contribution is -2.49. The van der Waals surface area contributed by atoms with Gasteiger partial charge >= 0.3 is 6.09 Å². The predicted molar refractivity (Wildman–Crippen MR) is 182 cm³/mol. The van der Waals surface area contributed by atoms with Crippen LogP contribution in [0.4, 0.5) is 26.0 Å². The Labute approximate surface area is 278 Å². The number of imidazole rings is 1. The summed E-state index contributed by atoms with van der Waals surface area (Å²) in [5.41, 5.74) is 2.81. The lowest BCUT2D eigenvalue weighted by molar-refractivity contribution is -0.127. The minimum absolute atomic E-state index is 0.0785. The molecule has 4 aromatic rings. The minimum Gasteiger partial charge on any atom is -0.444 e. The van der Waals surface area contributed by atoms with Gasteiger partial charge in [0.05, 0.1) is 11.4 Å². The maximum atomic E-state index is 13.5. The van der Waals surface area contributed by atoms with Gasteiger partial charge < -0.3 is 24.8 Å². The molecule has 2 aliphatic heterocycles. The fourth-order valence-corrected chi connectivity index (χ4v) is 6.99. The Hall–Kier alpha value is -4.26. The van der Waals surface area contributed by atoms with Crippen LogP contribution in [0.2, 0.25) is 0 Å². The second kappa shape index (κ2) is 13.5. The van der Waals surface area contributed by atoms with Crippen LogP contribution < -0.4 is 15.1 Å². The van der Waals surface area contributed by atoms with Crippen molar-refractivity contribution in [2.75, 3.05) is 43.0 Å². The topological polar surface area (TPSA) is 108 Å². The maximum Gasteiger partial charge on any atom is 0.410 e. The third-order valence-electron chi connectivity index (χ3n) is 8.76. The zero-order valence-corrected chi connectivity index (χ0v) is 28.5. The van der Waals surface area contributed by atoms with E-state index in [0.29, 0.717) is 25.9 Å². The zero-order chi connectivity index (χ0) is 33.3. The Kier molecular flexibility index (Phi) is 9.36. The Morgan fingerprint density at radius 3 is 2.38 bits per heavy atom. The first-order valence-electron chi connectivity index (χ1n) is 16.4. The van der Waals surface area contributed by atoms with E-state index in [2.05, 4.69) is 17.1 Å². The molecule has 6 rings (SSSR count). The van der Waals surface area contributed by atoms with Gasteiger partial charge in [-0.25, -0.2) is 19.2 Å². The zero-order valence-electron chi connectivity index (χ0n) is 27.7. The average Bonchev–Trinajstić information content (AvgIpc) is 3.70. The van der Waals surface area contributed by atoms with Gasteiger partial charge in [0.1, 0.15) is 17.2 Å². The van der Waals surface area contributed by atoms with Crippen molar-refractivity contribution in [2.24, 2.45) is 5.92 Å². The summed E-state index contributed by atoms with van der Waals surface area (Å²) in [4.78, 5) is 41.2. The molecule has 2 amide bonds. The number of anilines is 3. The van der Waals surface area contributed by atoms with Gasteiger partial charge in [-0.2, -0.15) is 4.52 Å². The molecule has 0 radical (unpaired) electrons. The highest BCUT2D eigenvalue weighted by Gasteiger charge is 2.32. The molecule has 0 bridgehead atoms. The van der Waals surface area contributed by atoms with E-state index in [1.807, 2.05) is 54.7 Å². The van der Waals surface area contributed by atoms with Gasteiger partial charge in [0.2, 0.25) is 5.91 Å². The van der Waals surface area contributed by atoms with E-state index in [0.717, 1.165) is 71.7 Å². The second-order valence-electron chi connectivity index (χ2n) is 13.3. The third-order valence-corrected chi connectivity index (χ3v) is 9.68. The van der Waals surface area contributed by atoms with Crippen LogP contribution in [0, 0.1) is 11.7 Å². The summed E-state index contributed by atoms with van der Waals surface area (Å²) in [6, 6.07) is 10.5. The summed E-state index contributed by atoms with van der Waals surface area (Å²) >= 11 is 1.52. The molecule has 1 N–H and O–H groups in total. The first-order chi connectivity index (χ1) is 22.5. The number of amides is 2. The van der Waals surface area contributed by atoms with Crippen LogP contribution in [0.15, 0.2) is 41.8 Å². The lowest BCUT2D eigenvalue weighted by Gasteiger charge is -2.35. The highest BCUT2D eigenvalue weighted by atomic mass is 32.1. The van der Waals surface area contributed by atoms with Crippen molar-refractivity contribution < 1.29 is 18.7 Å². The molecule has 2 aliphatic rings. The van der Waals surface area contributed by atoms with Crippen LogP contribution in [-0.4, -0.2) is 81.4 Å². The smallest absolute Gasteiger partial charge is 0.410 e. The number of halogens is 1. The van der Waals surface area contributed by atoms with Crippen LogP contribution in [0.25, 0.3) is 16.9 Å². The summed E-state index contributed by atoms with van der Waals surface area (Å²) in [5.74, 6) is 1.44. The number of fused-ring (bicyclic) bond motifs is 1. The Morgan fingerprint density at radius 2 is 1.72 bits per heavy atom. The van der Waals surface area contributed by atoms with Crippen LogP contribution in [0.1, 0.15) is 59.1 Å². The second-order valence-corrected chi connectivity index (χ2v) is 14.1. The number of benzene rings is 1. The van der Waals surface area contributed by atoms with Gasteiger partial charge in [-0.1, -0.05) is 6.92 Å². The SMILES string of the molecule is CCc1nc2ccc(N3CCC(NC(=O)C4CCN(C(=O)OC(C)(C)C)CC4)CC3)nn2c1N(C)c1nc(-c2ccc(F)cc2)cs1. The van der Waals surface area contributed by atoms with E-state index in [1.165, 1.54) is 23.5 Å². The molecule has 0 spiro atoms. The van der Waals surface area contributed by atoms with Crippen molar-refractivity contribution in [1.29, 1.82) is 0 Å². The molecule has 13 heteroatoms. The van der Waals surface area contributed by atoms with E-state index in [1.54, 1.807) is 17.0 Å². The summed E-state index contributed by atoms with van der Waals surface area (Å²) in [7, 11) is 1.97. The first-order valence-corrected chi connectivity index (χ1v) is 17.2. The molecule has 47 heavy (non-hydrogen) atoms. The molecule has 0 atom stereocenters. The van der Waals surface area contributed by atoms with Gasteiger partial charge in [-0.05, 0) is 89.3 Å². The third kappa shape index (κ3) is 7.34. The van der Waals surface area contributed by atoms with E-state index < -0.39 is 5.60 Å². The van der Waals surface area contributed by atoms with Crippen molar-refractivity contribution >= 4 is 45.8 Å². The van der Waals surface area contributed by atoms with Crippen molar-refractivity contribution in [3.8, 4) is 11.3 Å². The molecular weight excluding hydrogens is 619 g/mol. The molecule has 11 nitrogen and oxygen atoms in total. The van der Waals surface area contributed by atoms with E-state index >= 15 is 0 Å². The molecule has 3 aromatic heterocycles. The number of aromatic nitrogens is 4. The lowest BCUT2D eigenvalue weighted by atomic mass is 9.95. The Morgan fingerprint density at radius 1 is 1.02 bits per heavy atom. The van der Waals surface area contributed by atoms with Crippen LogP contribution in [0.3, 0.4) is 0 Å². The monoisotopic (exact) mass is 662 g/mol. The summed E-state index contributed by atoms with van der Waals surface area (Å²) in [6.07, 6.45) is 3.36. The van der Waals surface area contributed by atoms with Gasteiger partial charge in [0.25, 0.3) is 0 Å². The fraction of sp³-hybridized carbons (Fsp3) is 0.500. The largest absolute Gasteiger partial charge is 0.444 e. The number of rotatable bonds is 7. The van der Waals surface area contributed by atoms with Crippen molar-refractivity contribution in [3.05, 3.63) is 53.3 Å². The minimum atomic E-state index is -0.531.